The maximum Gasteiger partial charge on any atom is 0.334 e. The molecule has 0 bridgehead atoms. The van der Waals surface area contributed by atoms with Crippen molar-refractivity contribution in [1.29, 1.82) is 0 Å². The zero-order chi connectivity index (χ0) is 21.1. The van der Waals surface area contributed by atoms with E-state index < -0.39 is 6.03 Å². The van der Waals surface area contributed by atoms with Crippen molar-refractivity contribution < 1.29 is 4.79 Å². The summed E-state index contributed by atoms with van der Waals surface area (Å²) in [7, 11) is 1.64. The van der Waals surface area contributed by atoms with Crippen LogP contribution in [0.2, 0.25) is 0 Å². The summed E-state index contributed by atoms with van der Waals surface area (Å²) in [6.45, 7) is 1.81. The Balaban J connectivity index is 1.62. The number of nitrogens with zero attached hydrogens (tertiary/aromatic N) is 2. The van der Waals surface area contributed by atoms with E-state index in [0.29, 0.717) is 17.2 Å². The lowest BCUT2D eigenvalue weighted by Gasteiger charge is -2.13. The molecule has 6 nitrogen and oxygen atoms in total. The molecule has 0 aliphatic heterocycles. The minimum atomic E-state index is -0.415. The first-order valence-electron chi connectivity index (χ1n) is 9.62. The fraction of sp³-hybridized carbons (Fsp3) is 0.0833. The molecule has 0 saturated heterocycles. The largest absolute Gasteiger partial charge is 0.334 e. The third kappa shape index (κ3) is 3.63. The van der Waals surface area contributed by atoms with Crippen molar-refractivity contribution in [3.8, 4) is 16.8 Å². The molecule has 4 rings (SSSR count). The summed E-state index contributed by atoms with van der Waals surface area (Å²) in [4.78, 5) is 25.5. The van der Waals surface area contributed by atoms with Crippen LogP contribution in [0.15, 0.2) is 89.7 Å². The Morgan fingerprint density at radius 2 is 1.40 bits per heavy atom. The van der Waals surface area contributed by atoms with Crippen LogP contribution in [0.1, 0.15) is 5.69 Å². The molecular weight excluding hydrogens is 376 g/mol. The van der Waals surface area contributed by atoms with Gasteiger partial charge in [-0.25, -0.2) is 9.59 Å². The molecule has 4 aromatic rings. The van der Waals surface area contributed by atoms with Gasteiger partial charge in [-0.2, -0.15) is 0 Å². The lowest BCUT2D eigenvalue weighted by molar-refractivity contribution is 0.262. The molecule has 1 aromatic heterocycles. The van der Waals surface area contributed by atoms with Gasteiger partial charge in [0.1, 0.15) is 5.82 Å². The first kappa shape index (κ1) is 19.3. The molecule has 0 fully saturated rings. The maximum atomic E-state index is 12.8. The summed E-state index contributed by atoms with van der Waals surface area (Å²) in [5.74, 6) is 0.443. The number of aromatic nitrogens is 2. The van der Waals surface area contributed by atoms with E-state index in [2.05, 4.69) is 10.6 Å². The van der Waals surface area contributed by atoms with Crippen molar-refractivity contribution in [2.24, 2.45) is 7.05 Å². The lowest BCUT2D eigenvalue weighted by Crippen LogP contribution is -2.24. The Bertz CT molecular complexity index is 1240. The monoisotopic (exact) mass is 398 g/mol. The summed E-state index contributed by atoms with van der Waals surface area (Å²) in [6, 6.07) is 26.4. The average molecular weight is 398 g/mol. The smallest absolute Gasteiger partial charge is 0.307 e. The zero-order valence-electron chi connectivity index (χ0n) is 16.8. The normalized spacial score (nSPS) is 10.6. The van der Waals surface area contributed by atoms with Crippen LogP contribution < -0.4 is 16.3 Å². The molecule has 1 heterocycles. The zero-order valence-corrected chi connectivity index (χ0v) is 16.8. The molecule has 0 aliphatic carbocycles. The van der Waals surface area contributed by atoms with Gasteiger partial charge in [0.05, 0.1) is 17.1 Å². The molecule has 0 saturated carbocycles. The minimum Gasteiger partial charge on any atom is -0.307 e. The van der Waals surface area contributed by atoms with E-state index in [1.165, 1.54) is 4.57 Å². The van der Waals surface area contributed by atoms with E-state index >= 15 is 0 Å². The van der Waals surface area contributed by atoms with Crippen LogP contribution in [-0.4, -0.2) is 15.2 Å². The van der Waals surface area contributed by atoms with Gasteiger partial charge in [0.25, 0.3) is 0 Å². The van der Waals surface area contributed by atoms with E-state index in [4.69, 9.17) is 0 Å². The van der Waals surface area contributed by atoms with Crippen molar-refractivity contribution in [1.82, 2.24) is 9.13 Å². The van der Waals surface area contributed by atoms with Crippen LogP contribution in [0.3, 0.4) is 0 Å². The van der Waals surface area contributed by atoms with E-state index in [-0.39, 0.29) is 5.69 Å². The highest BCUT2D eigenvalue weighted by Crippen LogP contribution is 2.27. The highest BCUT2D eigenvalue weighted by molar-refractivity contribution is 6.02. The summed E-state index contributed by atoms with van der Waals surface area (Å²) in [5.41, 5.74) is 3.79. The van der Waals surface area contributed by atoms with E-state index in [9.17, 15) is 9.59 Å². The minimum absolute atomic E-state index is 0.223. The van der Waals surface area contributed by atoms with Crippen LogP contribution in [0, 0.1) is 6.92 Å². The molecular formula is C24H22N4O2. The highest BCUT2D eigenvalue weighted by Gasteiger charge is 2.18. The first-order chi connectivity index (χ1) is 14.6. The molecule has 0 atom stereocenters. The Kier molecular flexibility index (Phi) is 5.22. The third-order valence-corrected chi connectivity index (χ3v) is 5.00. The molecule has 150 valence electrons. The van der Waals surface area contributed by atoms with Crippen molar-refractivity contribution in [2.75, 3.05) is 10.6 Å². The fourth-order valence-electron chi connectivity index (χ4n) is 3.52. The molecule has 30 heavy (non-hydrogen) atoms. The SMILES string of the molecule is Cc1c(NC(=O)Nc2ccccc2-c2ccccc2)n(C)c(=O)n1-c1ccccc1. The second-order valence-corrected chi connectivity index (χ2v) is 6.94. The second kappa shape index (κ2) is 8.13. The van der Waals surface area contributed by atoms with E-state index in [0.717, 1.165) is 16.8 Å². The molecule has 3 aromatic carbocycles. The van der Waals surface area contributed by atoms with E-state index in [1.54, 1.807) is 11.6 Å². The number of carbonyl (C=O) groups excluding carboxylic acids is 1. The maximum absolute atomic E-state index is 12.8. The Hall–Kier alpha value is -4.06. The number of carbonyl (C=O) groups is 1. The van der Waals surface area contributed by atoms with Crippen molar-refractivity contribution in [3.05, 3.63) is 101 Å². The topological polar surface area (TPSA) is 68.1 Å². The standard InChI is InChI=1S/C24H22N4O2/c1-17-22(27(2)24(30)28(17)19-13-7-4-8-14-19)26-23(29)25-21-16-10-9-15-20(21)18-11-5-3-6-12-18/h3-16H,1-2H3,(H2,25,26,29). The number of hydrogen-bond acceptors (Lipinski definition) is 2. The molecule has 2 N–H and O–H groups in total. The molecule has 2 amide bonds. The average Bonchev–Trinajstić information content (AvgIpc) is 2.98. The van der Waals surface area contributed by atoms with Crippen molar-refractivity contribution in [2.45, 2.75) is 6.92 Å². The van der Waals surface area contributed by atoms with Crippen LogP contribution in [0.4, 0.5) is 16.3 Å². The third-order valence-electron chi connectivity index (χ3n) is 5.00. The van der Waals surface area contributed by atoms with Gasteiger partial charge < -0.3 is 5.32 Å². The summed E-state index contributed by atoms with van der Waals surface area (Å²) >= 11 is 0. The number of rotatable bonds is 4. The van der Waals surface area contributed by atoms with Gasteiger partial charge in [-0.05, 0) is 30.7 Å². The highest BCUT2D eigenvalue weighted by atomic mass is 16.2. The number of amides is 2. The molecule has 0 aliphatic rings. The van der Waals surface area contributed by atoms with Gasteiger partial charge in [0.15, 0.2) is 0 Å². The van der Waals surface area contributed by atoms with Crippen molar-refractivity contribution in [3.63, 3.8) is 0 Å². The van der Waals surface area contributed by atoms with Gasteiger partial charge in [-0.15, -0.1) is 0 Å². The van der Waals surface area contributed by atoms with Gasteiger partial charge in [0.2, 0.25) is 0 Å². The molecule has 0 spiro atoms. The fourth-order valence-corrected chi connectivity index (χ4v) is 3.52. The van der Waals surface area contributed by atoms with Gasteiger partial charge in [-0.1, -0.05) is 66.7 Å². The Labute approximate surface area is 174 Å². The Morgan fingerprint density at radius 1 is 0.800 bits per heavy atom. The number of urea groups is 1. The van der Waals surface area contributed by atoms with Crippen molar-refractivity contribution >= 4 is 17.5 Å². The summed E-state index contributed by atoms with van der Waals surface area (Å²) < 4.78 is 3.01. The van der Waals surface area contributed by atoms with E-state index in [1.807, 2.05) is 91.9 Å². The van der Waals surface area contributed by atoms with Gasteiger partial charge >= 0.3 is 11.7 Å². The molecule has 0 radical (unpaired) electrons. The van der Waals surface area contributed by atoms with Crippen LogP contribution in [0.25, 0.3) is 16.8 Å². The number of benzene rings is 3. The number of para-hydroxylation sites is 2. The van der Waals surface area contributed by atoms with Gasteiger partial charge in [0, 0.05) is 12.6 Å². The number of nitrogens with one attached hydrogen (secondary N) is 2. The van der Waals surface area contributed by atoms with Crippen LogP contribution in [0.5, 0.6) is 0 Å². The number of imidazole rings is 1. The van der Waals surface area contributed by atoms with Gasteiger partial charge in [-0.3, -0.25) is 14.5 Å². The summed E-state index contributed by atoms with van der Waals surface area (Å²) in [5, 5.41) is 5.73. The molecule has 6 heteroatoms. The van der Waals surface area contributed by atoms with Crippen LogP contribution >= 0.6 is 0 Å². The number of hydrogen-bond donors (Lipinski definition) is 2. The predicted octanol–water partition coefficient (Wildman–Crippen LogP) is 4.80. The summed E-state index contributed by atoms with van der Waals surface area (Å²) in [6.07, 6.45) is 0. The lowest BCUT2D eigenvalue weighted by atomic mass is 10.0. The second-order valence-electron chi connectivity index (χ2n) is 6.94. The quantitative estimate of drug-likeness (QED) is 0.519. The molecule has 0 unspecified atom stereocenters. The predicted molar refractivity (Wildman–Crippen MR) is 120 cm³/mol. The Morgan fingerprint density at radius 3 is 2.10 bits per heavy atom. The number of anilines is 2. The first-order valence-corrected chi connectivity index (χ1v) is 9.62. The van der Waals surface area contributed by atoms with Crippen LogP contribution in [-0.2, 0) is 7.05 Å².